The number of ether oxygens (including phenoxy) is 1. The van der Waals surface area contributed by atoms with Gasteiger partial charge in [0, 0.05) is 38.2 Å². The van der Waals surface area contributed by atoms with Crippen molar-refractivity contribution in [2.24, 2.45) is 0 Å². The fourth-order valence-corrected chi connectivity index (χ4v) is 2.39. The van der Waals surface area contributed by atoms with Gasteiger partial charge in [-0.15, -0.1) is 0 Å². The Morgan fingerprint density at radius 2 is 2.15 bits per heavy atom. The van der Waals surface area contributed by atoms with Gasteiger partial charge in [-0.25, -0.2) is 4.39 Å². The number of hydrogen-bond acceptors (Lipinski definition) is 3. The zero-order chi connectivity index (χ0) is 14.4. The molecule has 0 atom stereocenters. The molecular weight excluding hydrogens is 259 g/mol. The van der Waals surface area contributed by atoms with Crippen LogP contribution >= 0.6 is 0 Å². The van der Waals surface area contributed by atoms with Crippen LogP contribution in [0.2, 0.25) is 0 Å². The van der Waals surface area contributed by atoms with Gasteiger partial charge in [-0.1, -0.05) is 12.1 Å². The van der Waals surface area contributed by atoms with Crippen LogP contribution in [0.1, 0.15) is 24.8 Å². The van der Waals surface area contributed by atoms with Gasteiger partial charge < -0.3 is 15.0 Å². The third kappa shape index (κ3) is 3.70. The first kappa shape index (κ1) is 14.8. The van der Waals surface area contributed by atoms with E-state index >= 15 is 0 Å². The normalized spacial score (nSPS) is 14.6. The standard InChI is InChI=1S/C15H21FN2O2/c1-20-13-6-4-5-12(15(13)16)11-17-8-7-14(19)18-9-2-3-10-18/h4-6,17H,2-3,7-11H2,1H3. The summed E-state index contributed by atoms with van der Waals surface area (Å²) in [4.78, 5) is 13.7. The van der Waals surface area contributed by atoms with Crippen LogP contribution in [0.25, 0.3) is 0 Å². The van der Waals surface area contributed by atoms with Gasteiger partial charge >= 0.3 is 0 Å². The number of carbonyl (C=O) groups is 1. The molecule has 1 N–H and O–H groups in total. The van der Waals surface area contributed by atoms with E-state index in [9.17, 15) is 9.18 Å². The lowest BCUT2D eigenvalue weighted by Gasteiger charge is -2.15. The number of benzene rings is 1. The number of hydrogen-bond donors (Lipinski definition) is 1. The van der Waals surface area contributed by atoms with E-state index in [4.69, 9.17) is 4.74 Å². The maximum absolute atomic E-state index is 13.9. The second kappa shape index (κ2) is 7.24. The molecule has 0 aliphatic carbocycles. The van der Waals surface area contributed by atoms with Crippen molar-refractivity contribution in [1.82, 2.24) is 10.2 Å². The lowest BCUT2D eigenvalue weighted by Crippen LogP contribution is -2.30. The molecule has 1 heterocycles. The molecular formula is C15H21FN2O2. The van der Waals surface area contributed by atoms with Gasteiger partial charge in [-0.3, -0.25) is 4.79 Å². The molecule has 110 valence electrons. The summed E-state index contributed by atoms with van der Waals surface area (Å²) in [5, 5.41) is 3.11. The van der Waals surface area contributed by atoms with Crippen LogP contribution in [0.4, 0.5) is 4.39 Å². The molecule has 1 fully saturated rings. The van der Waals surface area contributed by atoms with E-state index in [1.807, 2.05) is 4.90 Å². The highest BCUT2D eigenvalue weighted by atomic mass is 19.1. The predicted molar refractivity (Wildman–Crippen MR) is 75.1 cm³/mol. The van der Waals surface area contributed by atoms with Crippen molar-refractivity contribution in [2.45, 2.75) is 25.8 Å². The summed E-state index contributed by atoms with van der Waals surface area (Å²) in [5.41, 5.74) is 0.554. The highest BCUT2D eigenvalue weighted by molar-refractivity contribution is 5.76. The zero-order valence-corrected chi connectivity index (χ0v) is 11.8. The third-order valence-corrected chi connectivity index (χ3v) is 3.55. The van der Waals surface area contributed by atoms with Crippen LogP contribution in [0.3, 0.4) is 0 Å². The number of halogens is 1. The molecule has 0 radical (unpaired) electrons. The Morgan fingerprint density at radius 3 is 2.85 bits per heavy atom. The van der Waals surface area contributed by atoms with Gasteiger partial charge in [0.2, 0.25) is 5.91 Å². The molecule has 1 saturated heterocycles. The van der Waals surface area contributed by atoms with Crippen molar-refractivity contribution in [1.29, 1.82) is 0 Å². The summed E-state index contributed by atoms with van der Waals surface area (Å²) in [6.45, 7) is 2.72. The highest BCUT2D eigenvalue weighted by Crippen LogP contribution is 2.19. The number of likely N-dealkylation sites (tertiary alicyclic amines) is 1. The van der Waals surface area contributed by atoms with Crippen molar-refractivity contribution >= 4 is 5.91 Å². The van der Waals surface area contributed by atoms with Crippen LogP contribution in [0, 0.1) is 5.82 Å². The Morgan fingerprint density at radius 1 is 1.40 bits per heavy atom. The quantitative estimate of drug-likeness (QED) is 0.810. The van der Waals surface area contributed by atoms with Crippen molar-refractivity contribution in [3.63, 3.8) is 0 Å². The van der Waals surface area contributed by atoms with Crippen LogP contribution < -0.4 is 10.1 Å². The molecule has 0 spiro atoms. The molecule has 4 nitrogen and oxygen atoms in total. The monoisotopic (exact) mass is 280 g/mol. The number of amides is 1. The summed E-state index contributed by atoms with van der Waals surface area (Å²) in [7, 11) is 1.45. The SMILES string of the molecule is COc1cccc(CNCCC(=O)N2CCCC2)c1F. The van der Waals surface area contributed by atoms with Crippen molar-refractivity contribution in [3.8, 4) is 5.75 Å². The number of carbonyl (C=O) groups excluding carboxylic acids is 1. The van der Waals surface area contributed by atoms with E-state index in [-0.39, 0.29) is 17.5 Å². The largest absolute Gasteiger partial charge is 0.494 e. The number of rotatable bonds is 6. The Hall–Kier alpha value is -1.62. The van der Waals surface area contributed by atoms with E-state index in [1.54, 1.807) is 18.2 Å². The van der Waals surface area contributed by atoms with E-state index in [0.717, 1.165) is 25.9 Å². The lowest BCUT2D eigenvalue weighted by atomic mass is 10.2. The van der Waals surface area contributed by atoms with Crippen LogP contribution in [0.5, 0.6) is 5.75 Å². The maximum atomic E-state index is 13.9. The molecule has 1 aliphatic heterocycles. The van der Waals surface area contributed by atoms with E-state index in [0.29, 0.717) is 25.1 Å². The third-order valence-electron chi connectivity index (χ3n) is 3.55. The molecule has 1 aromatic rings. The van der Waals surface area contributed by atoms with Gasteiger partial charge in [0.05, 0.1) is 7.11 Å². The molecule has 0 aromatic heterocycles. The number of nitrogens with zero attached hydrogens (tertiary/aromatic N) is 1. The minimum absolute atomic E-state index is 0.182. The van der Waals surface area contributed by atoms with Gasteiger partial charge in [0.1, 0.15) is 0 Å². The van der Waals surface area contributed by atoms with Crippen molar-refractivity contribution in [3.05, 3.63) is 29.6 Å². The molecule has 0 unspecified atom stereocenters. The fourth-order valence-electron chi connectivity index (χ4n) is 2.39. The molecule has 0 saturated carbocycles. The Balaban J connectivity index is 1.74. The van der Waals surface area contributed by atoms with E-state index in [2.05, 4.69) is 5.32 Å². The van der Waals surface area contributed by atoms with E-state index < -0.39 is 0 Å². The highest BCUT2D eigenvalue weighted by Gasteiger charge is 2.17. The first-order valence-corrected chi connectivity index (χ1v) is 7.02. The molecule has 1 amide bonds. The smallest absolute Gasteiger partial charge is 0.223 e. The van der Waals surface area contributed by atoms with Gasteiger partial charge in [-0.05, 0) is 18.9 Å². The minimum Gasteiger partial charge on any atom is -0.494 e. The summed E-state index contributed by atoms with van der Waals surface area (Å²) in [6, 6.07) is 5.07. The van der Waals surface area contributed by atoms with Gasteiger partial charge in [0.25, 0.3) is 0 Å². The topological polar surface area (TPSA) is 41.6 Å². The fraction of sp³-hybridized carbons (Fsp3) is 0.533. The lowest BCUT2D eigenvalue weighted by molar-refractivity contribution is -0.130. The molecule has 1 aromatic carbocycles. The molecule has 5 heteroatoms. The van der Waals surface area contributed by atoms with Gasteiger partial charge in [0.15, 0.2) is 11.6 Å². The van der Waals surface area contributed by atoms with Crippen molar-refractivity contribution < 1.29 is 13.9 Å². The van der Waals surface area contributed by atoms with Crippen molar-refractivity contribution in [2.75, 3.05) is 26.7 Å². The summed E-state index contributed by atoms with van der Waals surface area (Å²) < 4.78 is 18.8. The van der Waals surface area contributed by atoms with E-state index in [1.165, 1.54) is 7.11 Å². The Labute approximate surface area is 118 Å². The maximum Gasteiger partial charge on any atom is 0.223 e. The number of methoxy groups -OCH3 is 1. The zero-order valence-electron chi connectivity index (χ0n) is 11.8. The second-order valence-electron chi connectivity index (χ2n) is 4.95. The number of nitrogens with one attached hydrogen (secondary N) is 1. The first-order chi connectivity index (χ1) is 9.72. The van der Waals surface area contributed by atoms with Crippen LogP contribution in [-0.4, -0.2) is 37.6 Å². The summed E-state index contributed by atoms with van der Waals surface area (Å²) in [6.07, 6.45) is 2.67. The Bertz CT molecular complexity index is 459. The minimum atomic E-state index is -0.339. The average Bonchev–Trinajstić information content (AvgIpc) is 2.99. The Kier molecular flexibility index (Phi) is 5.35. The van der Waals surface area contributed by atoms with Gasteiger partial charge in [-0.2, -0.15) is 0 Å². The van der Waals surface area contributed by atoms with Crippen LogP contribution in [-0.2, 0) is 11.3 Å². The second-order valence-corrected chi connectivity index (χ2v) is 4.95. The first-order valence-electron chi connectivity index (χ1n) is 7.02. The molecule has 2 rings (SSSR count). The van der Waals surface area contributed by atoms with Crippen LogP contribution in [0.15, 0.2) is 18.2 Å². The summed E-state index contributed by atoms with van der Waals surface area (Å²) in [5.74, 6) is 0.0897. The predicted octanol–water partition coefficient (Wildman–Crippen LogP) is 1.94. The molecule has 0 bridgehead atoms. The summed E-state index contributed by atoms with van der Waals surface area (Å²) >= 11 is 0. The molecule has 20 heavy (non-hydrogen) atoms. The molecule has 1 aliphatic rings. The average molecular weight is 280 g/mol.